The molecule has 1 heterocycles. The molecule has 2 N–H and O–H groups in total. The molecule has 4 atom stereocenters. The summed E-state index contributed by atoms with van der Waals surface area (Å²) in [4.78, 5) is 16.9. The van der Waals surface area contributed by atoms with Crippen LogP contribution in [0.5, 0.6) is 5.75 Å². The first-order valence-corrected chi connectivity index (χ1v) is 8.88. The Hall–Kier alpha value is -1.49. The Morgan fingerprint density at radius 1 is 1.23 bits per heavy atom. The Labute approximate surface area is 134 Å². The van der Waals surface area contributed by atoms with Crippen molar-refractivity contribution in [2.75, 3.05) is 0 Å². The molecule has 1 aromatic rings. The van der Waals surface area contributed by atoms with Gasteiger partial charge in [-0.25, -0.2) is 0 Å². The number of fused-ring (bicyclic) bond motifs is 2. The summed E-state index contributed by atoms with van der Waals surface area (Å²) in [6.45, 7) is 0. The molecule has 1 unspecified atom stereocenters. The topological polar surface area (TPSA) is 61.7 Å². The van der Waals surface area contributed by atoms with Crippen LogP contribution in [-0.4, -0.2) is 27.5 Å². The number of aliphatic imine (C=N–C) groups is 1. The lowest BCUT2D eigenvalue weighted by Crippen LogP contribution is -2.27. The molecule has 3 aliphatic rings. The summed E-state index contributed by atoms with van der Waals surface area (Å²) in [5.41, 5.74) is 1.06. The molecule has 5 heteroatoms. The fraction of sp³-hybridized carbons (Fsp3) is 0.529. The van der Waals surface area contributed by atoms with Gasteiger partial charge in [-0.1, -0.05) is 30.3 Å². The molecule has 1 amide bonds. The molecule has 2 bridgehead atoms. The van der Waals surface area contributed by atoms with Crippen molar-refractivity contribution in [1.29, 1.82) is 0 Å². The first kappa shape index (κ1) is 14.1. The number of hydrogen-bond donors (Lipinski definition) is 2. The van der Waals surface area contributed by atoms with Gasteiger partial charge in [-0.15, -0.1) is 0 Å². The normalized spacial score (nSPS) is 35.3. The largest absolute Gasteiger partial charge is 0.508 e. The molecule has 0 spiro atoms. The van der Waals surface area contributed by atoms with Gasteiger partial charge in [-0.3, -0.25) is 9.79 Å². The highest BCUT2D eigenvalue weighted by Crippen LogP contribution is 2.46. The zero-order valence-electron chi connectivity index (χ0n) is 12.4. The Bertz CT molecular complexity index is 614. The van der Waals surface area contributed by atoms with Gasteiger partial charge in [0.05, 0.1) is 11.3 Å². The van der Waals surface area contributed by atoms with Crippen LogP contribution in [0.1, 0.15) is 31.2 Å². The van der Waals surface area contributed by atoms with Crippen LogP contribution in [-0.2, 0) is 11.2 Å². The van der Waals surface area contributed by atoms with E-state index in [1.54, 1.807) is 23.9 Å². The van der Waals surface area contributed by atoms with Gasteiger partial charge in [-0.05, 0) is 55.2 Å². The van der Waals surface area contributed by atoms with E-state index >= 15 is 0 Å². The van der Waals surface area contributed by atoms with Crippen molar-refractivity contribution in [2.45, 2.75) is 43.4 Å². The first-order valence-electron chi connectivity index (χ1n) is 8.00. The van der Waals surface area contributed by atoms with Crippen LogP contribution in [0.2, 0.25) is 0 Å². The predicted molar refractivity (Wildman–Crippen MR) is 88.0 cm³/mol. The van der Waals surface area contributed by atoms with Crippen LogP contribution in [0.15, 0.2) is 29.3 Å². The molecule has 1 aromatic carbocycles. The number of amides is 1. The van der Waals surface area contributed by atoms with Crippen molar-refractivity contribution in [2.24, 2.45) is 16.8 Å². The van der Waals surface area contributed by atoms with E-state index in [9.17, 15) is 9.90 Å². The summed E-state index contributed by atoms with van der Waals surface area (Å²) in [5.74, 6) is 1.92. The number of nitrogens with one attached hydrogen (secondary N) is 1. The summed E-state index contributed by atoms with van der Waals surface area (Å²) in [7, 11) is 0. The summed E-state index contributed by atoms with van der Waals surface area (Å²) in [6.07, 6.45) is 5.88. The van der Waals surface area contributed by atoms with Crippen LogP contribution in [0.25, 0.3) is 0 Å². The van der Waals surface area contributed by atoms with Crippen LogP contribution < -0.4 is 5.32 Å². The van der Waals surface area contributed by atoms with Gasteiger partial charge in [0.1, 0.15) is 5.75 Å². The number of rotatable bonds is 3. The van der Waals surface area contributed by atoms with Gasteiger partial charge in [0, 0.05) is 0 Å². The van der Waals surface area contributed by atoms with Crippen molar-refractivity contribution in [3.63, 3.8) is 0 Å². The Morgan fingerprint density at radius 2 is 2.05 bits per heavy atom. The number of amidine groups is 1. The van der Waals surface area contributed by atoms with Gasteiger partial charge in [0.25, 0.3) is 0 Å². The van der Waals surface area contributed by atoms with Crippen molar-refractivity contribution in [3.8, 4) is 5.75 Å². The molecule has 1 saturated heterocycles. The zero-order chi connectivity index (χ0) is 15.1. The lowest BCUT2D eigenvalue weighted by Gasteiger charge is -2.17. The third kappa shape index (κ3) is 2.74. The number of carbonyl (C=O) groups is 1. The molecule has 2 saturated carbocycles. The van der Waals surface area contributed by atoms with Crippen molar-refractivity contribution < 1.29 is 9.90 Å². The minimum atomic E-state index is -0.109. The monoisotopic (exact) mass is 316 g/mol. The van der Waals surface area contributed by atoms with E-state index in [2.05, 4.69) is 5.32 Å². The second-order valence-electron chi connectivity index (χ2n) is 6.64. The van der Waals surface area contributed by atoms with Crippen LogP contribution in [0.3, 0.4) is 0 Å². The van der Waals surface area contributed by atoms with Crippen molar-refractivity contribution >= 4 is 22.8 Å². The summed E-state index contributed by atoms with van der Waals surface area (Å²) >= 11 is 1.56. The molecule has 22 heavy (non-hydrogen) atoms. The quantitative estimate of drug-likeness (QED) is 0.901. The van der Waals surface area contributed by atoms with E-state index in [0.717, 1.165) is 22.6 Å². The number of thioether (sulfide) groups is 1. The molecule has 116 valence electrons. The third-order valence-electron chi connectivity index (χ3n) is 5.12. The summed E-state index contributed by atoms with van der Waals surface area (Å²) in [6, 6.07) is 7.49. The molecular weight excluding hydrogens is 296 g/mol. The third-order valence-corrected chi connectivity index (χ3v) is 6.21. The van der Waals surface area contributed by atoms with E-state index in [-0.39, 0.29) is 16.9 Å². The maximum atomic E-state index is 12.1. The van der Waals surface area contributed by atoms with Crippen molar-refractivity contribution in [1.82, 2.24) is 5.32 Å². The second-order valence-corrected chi connectivity index (χ2v) is 7.83. The van der Waals surface area contributed by atoms with Crippen molar-refractivity contribution in [3.05, 3.63) is 29.8 Å². The molecule has 0 aromatic heterocycles. The van der Waals surface area contributed by atoms with E-state index in [1.807, 2.05) is 12.1 Å². The second kappa shape index (κ2) is 5.61. The fourth-order valence-corrected chi connectivity index (χ4v) is 5.03. The number of carbonyl (C=O) groups excluding carboxylic acids is 1. The smallest absolute Gasteiger partial charge is 0.239 e. The minimum absolute atomic E-state index is 0.0555. The molecule has 4 rings (SSSR count). The number of hydrogen-bond acceptors (Lipinski definition) is 4. The highest BCUT2D eigenvalue weighted by atomic mass is 32.2. The first-order chi connectivity index (χ1) is 10.7. The molecule has 0 radical (unpaired) electrons. The van der Waals surface area contributed by atoms with Gasteiger partial charge in [0.2, 0.25) is 5.91 Å². The lowest BCUT2D eigenvalue weighted by molar-refractivity contribution is -0.118. The summed E-state index contributed by atoms with van der Waals surface area (Å²) < 4.78 is 0. The fourth-order valence-electron chi connectivity index (χ4n) is 3.97. The predicted octanol–water partition coefficient (Wildman–Crippen LogP) is 2.71. The summed E-state index contributed by atoms with van der Waals surface area (Å²) in [5, 5.41) is 13.0. The number of benzene rings is 1. The van der Waals surface area contributed by atoms with E-state index in [0.29, 0.717) is 12.5 Å². The highest BCUT2D eigenvalue weighted by molar-refractivity contribution is 8.15. The maximum absolute atomic E-state index is 12.1. The number of aromatic hydroxyl groups is 1. The zero-order valence-corrected chi connectivity index (χ0v) is 13.2. The van der Waals surface area contributed by atoms with E-state index < -0.39 is 0 Å². The lowest BCUT2D eigenvalue weighted by atomic mass is 9.96. The van der Waals surface area contributed by atoms with Crippen LogP contribution in [0, 0.1) is 11.8 Å². The SMILES string of the molecule is O=C1NC(=N[C@H]2C[C@H]3CC[C@@H]2C3)SC1Cc1ccc(O)cc1. The maximum Gasteiger partial charge on any atom is 0.239 e. The van der Waals surface area contributed by atoms with Gasteiger partial charge in [0.15, 0.2) is 5.17 Å². The van der Waals surface area contributed by atoms with E-state index in [4.69, 9.17) is 4.99 Å². The number of phenolic OH excluding ortho intramolecular Hbond substituents is 1. The Kier molecular flexibility index (Phi) is 3.60. The highest BCUT2D eigenvalue weighted by Gasteiger charge is 2.40. The average molecular weight is 316 g/mol. The van der Waals surface area contributed by atoms with Gasteiger partial charge < -0.3 is 10.4 Å². The minimum Gasteiger partial charge on any atom is -0.508 e. The van der Waals surface area contributed by atoms with E-state index in [1.165, 1.54) is 25.7 Å². The average Bonchev–Trinajstić information content (AvgIpc) is 3.18. The molecular formula is C17H20N2O2S. The standard InChI is InChI=1S/C17H20N2O2S/c20-13-5-2-10(3-6-13)9-15-16(21)19-17(22-15)18-14-8-11-1-4-12(14)7-11/h2-3,5-6,11-12,14-15,20H,1,4,7-9H2,(H,18,19,21)/t11-,12+,14-,15?/m0/s1. The Morgan fingerprint density at radius 3 is 2.73 bits per heavy atom. The number of phenols is 1. The molecule has 2 aliphatic carbocycles. The van der Waals surface area contributed by atoms with Crippen LogP contribution in [0.4, 0.5) is 0 Å². The Balaban J connectivity index is 1.41. The van der Waals surface area contributed by atoms with Crippen LogP contribution >= 0.6 is 11.8 Å². The molecule has 1 aliphatic heterocycles. The molecule has 4 nitrogen and oxygen atoms in total. The van der Waals surface area contributed by atoms with Gasteiger partial charge >= 0.3 is 0 Å². The van der Waals surface area contributed by atoms with Gasteiger partial charge in [-0.2, -0.15) is 0 Å². The number of nitrogens with zero attached hydrogens (tertiary/aromatic N) is 1. The molecule has 3 fully saturated rings.